The van der Waals surface area contributed by atoms with E-state index in [0.717, 1.165) is 6.42 Å². The molecular formula is C12H17NO4. The third-order valence-electron chi connectivity index (χ3n) is 2.70. The smallest absolute Gasteiger partial charge is 0.170 e. The zero-order valence-corrected chi connectivity index (χ0v) is 9.56. The van der Waals surface area contributed by atoms with E-state index in [1.165, 1.54) is 6.07 Å². The Bertz CT molecular complexity index is 394. The maximum atomic E-state index is 9.97. The molecule has 1 aliphatic heterocycles. The molecule has 0 fully saturated rings. The number of phenols is 1. The number of aliphatic hydroxyl groups excluding tert-OH is 1. The highest BCUT2D eigenvalue weighted by molar-refractivity contribution is 5.54. The summed E-state index contributed by atoms with van der Waals surface area (Å²) in [6.07, 6.45) is 0.312. The van der Waals surface area contributed by atoms with Gasteiger partial charge >= 0.3 is 0 Å². The van der Waals surface area contributed by atoms with Gasteiger partial charge in [-0.1, -0.05) is 0 Å². The second kappa shape index (κ2) is 5.25. The van der Waals surface area contributed by atoms with Crippen LogP contribution in [0.5, 0.6) is 17.2 Å². The summed E-state index contributed by atoms with van der Waals surface area (Å²) in [5, 5.41) is 19.8. The lowest BCUT2D eigenvalue weighted by molar-refractivity contribution is 0.160. The highest BCUT2D eigenvalue weighted by atomic mass is 16.5. The number of ether oxygens (including phenoxy) is 2. The molecule has 0 aliphatic carbocycles. The van der Waals surface area contributed by atoms with E-state index in [-0.39, 0.29) is 5.75 Å². The van der Waals surface area contributed by atoms with E-state index in [9.17, 15) is 10.2 Å². The second-order valence-electron chi connectivity index (χ2n) is 3.97. The van der Waals surface area contributed by atoms with Crippen molar-refractivity contribution in [3.63, 3.8) is 0 Å². The van der Waals surface area contributed by atoms with Crippen LogP contribution in [0.4, 0.5) is 0 Å². The number of fused-ring (bicyclic) bond motifs is 1. The topological polar surface area (TPSA) is 84.9 Å². The molecule has 1 unspecified atom stereocenters. The minimum absolute atomic E-state index is 0.00944. The predicted octanol–water partition coefficient (Wildman–Crippen LogP) is 0.936. The van der Waals surface area contributed by atoms with Crippen molar-refractivity contribution < 1.29 is 19.7 Å². The molecule has 0 radical (unpaired) electrons. The minimum atomic E-state index is -0.836. The SMILES string of the molecule is NCCC(O)c1c(O)ccc2c1OCCCO2. The minimum Gasteiger partial charge on any atom is -0.507 e. The molecule has 0 bridgehead atoms. The van der Waals surface area contributed by atoms with Gasteiger partial charge in [0, 0.05) is 6.42 Å². The van der Waals surface area contributed by atoms with Crippen molar-refractivity contribution in [2.45, 2.75) is 18.9 Å². The van der Waals surface area contributed by atoms with E-state index in [4.69, 9.17) is 15.2 Å². The maximum absolute atomic E-state index is 9.97. The highest BCUT2D eigenvalue weighted by Crippen LogP contribution is 2.42. The van der Waals surface area contributed by atoms with Gasteiger partial charge in [0.2, 0.25) is 0 Å². The van der Waals surface area contributed by atoms with Crippen molar-refractivity contribution in [2.75, 3.05) is 19.8 Å². The van der Waals surface area contributed by atoms with Crippen LogP contribution in [0.25, 0.3) is 0 Å². The Hall–Kier alpha value is -1.46. The van der Waals surface area contributed by atoms with Gasteiger partial charge in [-0.05, 0) is 25.1 Å². The van der Waals surface area contributed by atoms with Crippen LogP contribution in [0.2, 0.25) is 0 Å². The number of aliphatic hydroxyl groups is 1. The van der Waals surface area contributed by atoms with Crippen LogP contribution in [0.3, 0.4) is 0 Å². The van der Waals surface area contributed by atoms with E-state index in [2.05, 4.69) is 0 Å². The van der Waals surface area contributed by atoms with Gasteiger partial charge in [0.15, 0.2) is 11.5 Å². The first kappa shape index (κ1) is 12.0. The first-order chi connectivity index (χ1) is 8.24. The van der Waals surface area contributed by atoms with E-state index in [1.807, 2.05) is 0 Å². The lowest BCUT2D eigenvalue weighted by atomic mass is 10.0. The average molecular weight is 239 g/mol. The molecular weight excluding hydrogens is 222 g/mol. The Kier molecular flexibility index (Phi) is 3.71. The van der Waals surface area contributed by atoms with Gasteiger partial charge in [-0.25, -0.2) is 0 Å². The summed E-state index contributed by atoms with van der Waals surface area (Å²) >= 11 is 0. The zero-order chi connectivity index (χ0) is 12.3. The van der Waals surface area contributed by atoms with Crippen LogP contribution in [-0.4, -0.2) is 30.0 Å². The predicted molar refractivity (Wildman–Crippen MR) is 62.3 cm³/mol. The summed E-state index contributed by atoms with van der Waals surface area (Å²) in [7, 11) is 0. The first-order valence-electron chi connectivity index (χ1n) is 5.73. The van der Waals surface area contributed by atoms with Crippen molar-refractivity contribution in [3.8, 4) is 17.2 Å². The van der Waals surface area contributed by atoms with E-state index in [0.29, 0.717) is 43.2 Å². The number of aromatic hydroxyl groups is 1. The number of hydrogen-bond donors (Lipinski definition) is 3. The monoisotopic (exact) mass is 239 g/mol. The zero-order valence-electron chi connectivity index (χ0n) is 9.56. The number of nitrogens with two attached hydrogens (primary N) is 1. The lowest BCUT2D eigenvalue weighted by Crippen LogP contribution is -2.09. The molecule has 1 aliphatic rings. The standard InChI is InChI=1S/C12H17NO4/c13-5-4-9(15)11-8(14)2-3-10-12(11)17-7-1-6-16-10/h2-3,9,14-15H,1,4-7,13H2. The van der Waals surface area contributed by atoms with Crippen LogP contribution in [0.1, 0.15) is 24.5 Å². The molecule has 0 aromatic heterocycles. The van der Waals surface area contributed by atoms with Crippen molar-refractivity contribution in [1.82, 2.24) is 0 Å². The quantitative estimate of drug-likeness (QED) is 0.730. The molecule has 2 rings (SSSR count). The number of benzene rings is 1. The molecule has 0 saturated heterocycles. The van der Waals surface area contributed by atoms with Crippen LogP contribution < -0.4 is 15.2 Å². The fourth-order valence-corrected chi connectivity index (χ4v) is 1.87. The molecule has 1 atom stereocenters. The lowest BCUT2D eigenvalue weighted by Gasteiger charge is -2.17. The molecule has 1 aromatic carbocycles. The Labute approximate surface area is 99.8 Å². The van der Waals surface area contributed by atoms with Gasteiger partial charge in [-0.2, -0.15) is 0 Å². The Morgan fingerprint density at radius 3 is 2.82 bits per heavy atom. The molecule has 5 heteroatoms. The maximum Gasteiger partial charge on any atom is 0.170 e. The summed E-state index contributed by atoms with van der Waals surface area (Å²) in [6, 6.07) is 3.15. The van der Waals surface area contributed by atoms with Gasteiger partial charge in [-0.3, -0.25) is 0 Å². The normalized spacial score (nSPS) is 16.4. The van der Waals surface area contributed by atoms with Crippen LogP contribution >= 0.6 is 0 Å². The summed E-state index contributed by atoms with van der Waals surface area (Å²) in [5.74, 6) is 1.00. The highest BCUT2D eigenvalue weighted by Gasteiger charge is 2.23. The molecule has 0 spiro atoms. The van der Waals surface area contributed by atoms with Crippen molar-refractivity contribution >= 4 is 0 Å². The van der Waals surface area contributed by atoms with Crippen molar-refractivity contribution in [1.29, 1.82) is 0 Å². The Balaban J connectivity index is 2.41. The third-order valence-corrected chi connectivity index (χ3v) is 2.70. The van der Waals surface area contributed by atoms with Gasteiger partial charge < -0.3 is 25.4 Å². The van der Waals surface area contributed by atoms with Gasteiger partial charge in [0.25, 0.3) is 0 Å². The third kappa shape index (κ3) is 2.45. The fraction of sp³-hybridized carbons (Fsp3) is 0.500. The van der Waals surface area contributed by atoms with E-state index in [1.54, 1.807) is 6.07 Å². The second-order valence-corrected chi connectivity index (χ2v) is 3.97. The summed E-state index contributed by atoms with van der Waals surface area (Å²) in [6.45, 7) is 1.42. The van der Waals surface area contributed by atoms with Crippen LogP contribution in [0, 0.1) is 0 Å². The average Bonchev–Trinajstić information content (AvgIpc) is 2.54. The largest absolute Gasteiger partial charge is 0.507 e. The summed E-state index contributed by atoms with van der Waals surface area (Å²) in [5.41, 5.74) is 5.78. The Morgan fingerprint density at radius 2 is 2.06 bits per heavy atom. The fourth-order valence-electron chi connectivity index (χ4n) is 1.87. The number of phenolic OH excluding ortho intramolecular Hbond substituents is 1. The first-order valence-corrected chi connectivity index (χ1v) is 5.73. The van der Waals surface area contributed by atoms with Crippen LogP contribution in [-0.2, 0) is 0 Å². The Morgan fingerprint density at radius 1 is 1.29 bits per heavy atom. The van der Waals surface area contributed by atoms with Gasteiger partial charge in [-0.15, -0.1) is 0 Å². The summed E-state index contributed by atoms with van der Waals surface area (Å²) < 4.78 is 11.0. The number of hydrogen-bond acceptors (Lipinski definition) is 5. The van der Waals surface area contributed by atoms with Gasteiger partial charge in [0.05, 0.1) is 24.9 Å². The molecule has 4 N–H and O–H groups in total. The van der Waals surface area contributed by atoms with Crippen molar-refractivity contribution in [3.05, 3.63) is 17.7 Å². The molecule has 0 amide bonds. The number of rotatable bonds is 3. The molecule has 17 heavy (non-hydrogen) atoms. The molecule has 94 valence electrons. The molecule has 1 aromatic rings. The molecule has 5 nitrogen and oxygen atoms in total. The van der Waals surface area contributed by atoms with Gasteiger partial charge in [0.1, 0.15) is 5.75 Å². The molecule has 0 saturated carbocycles. The van der Waals surface area contributed by atoms with Crippen molar-refractivity contribution in [2.24, 2.45) is 5.73 Å². The van der Waals surface area contributed by atoms with Crippen LogP contribution in [0.15, 0.2) is 12.1 Å². The van der Waals surface area contributed by atoms with E-state index < -0.39 is 6.10 Å². The summed E-state index contributed by atoms with van der Waals surface area (Å²) in [4.78, 5) is 0. The van der Waals surface area contributed by atoms with E-state index >= 15 is 0 Å². The molecule has 1 heterocycles.